The Bertz CT molecular complexity index is 1280. The van der Waals surface area contributed by atoms with Crippen LogP contribution in [0.2, 0.25) is 0 Å². The van der Waals surface area contributed by atoms with Crippen molar-refractivity contribution in [2.24, 2.45) is 0 Å². The normalized spacial score (nSPS) is 31.0. The zero-order chi connectivity index (χ0) is 31.3. The summed E-state index contributed by atoms with van der Waals surface area (Å²) in [4.78, 5) is 12.3. The molecule has 2 aromatic carbocycles. The number of ether oxygens (including phenoxy) is 5. The Morgan fingerprint density at radius 3 is 2.30 bits per heavy atom. The smallest absolute Gasteiger partial charge is 0.330 e. The third kappa shape index (κ3) is 7.72. The van der Waals surface area contributed by atoms with Crippen molar-refractivity contribution in [3.05, 3.63) is 53.6 Å². The molecular weight excluding hydrogens is 576 g/mol. The first kappa shape index (κ1) is 32.4. The Morgan fingerprint density at radius 2 is 1.65 bits per heavy atom. The van der Waals surface area contributed by atoms with Crippen molar-refractivity contribution in [3.8, 4) is 23.0 Å². The van der Waals surface area contributed by atoms with Crippen LogP contribution < -0.4 is 0 Å². The number of phenolic OH excluding ortho intramolecular Hbond substituents is 4. The van der Waals surface area contributed by atoms with E-state index in [1.54, 1.807) is 6.07 Å². The number of aliphatic hydroxyl groups is 5. The lowest BCUT2D eigenvalue weighted by Gasteiger charge is -2.43. The molecule has 15 heteroatoms. The summed E-state index contributed by atoms with van der Waals surface area (Å²) >= 11 is 0. The molecular formula is C28H34O15. The van der Waals surface area contributed by atoms with Crippen molar-refractivity contribution in [3.63, 3.8) is 0 Å². The van der Waals surface area contributed by atoms with Gasteiger partial charge in [0.05, 0.1) is 19.8 Å². The van der Waals surface area contributed by atoms with Crippen LogP contribution in [-0.4, -0.2) is 127 Å². The third-order valence-electron chi connectivity index (χ3n) is 7.03. The lowest BCUT2D eigenvalue weighted by atomic mass is 9.98. The van der Waals surface area contributed by atoms with Gasteiger partial charge >= 0.3 is 5.97 Å². The number of hydrogen-bond acceptors (Lipinski definition) is 15. The quantitative estimate of drug-likeness (QED) is 0.0806. The van der Waals surface area contributed by atoms with E-state index in [0.29, 0.717) is 11.1 Å². The predicted molar refractivity (Wildman–Crippen MR) is 143 cm³/mol. The average molecular weight is 611 g/mol. The lowest BCUT2D eigenvalue weighted by molar-refractivity contribution is -0.336. The van der Waals surface area contributed by atoms with E-state index in [9.17, 15) is 50.8 Å². The number of benzene rings is 2. The van der Waals surface area contributed by atoms with E-state index in [1.807, 2.05) is 0 Å². The van der Waals surface area contributed by atoms with E-state index in [4.69, 9.17) is 23.7 Å². The first-order valence-electron chi connectivity index (χ1n) is 13.2. The molecule has 2 fully saturated rings. The molecule has 0 bridgehead atoms. The zero-order valence-corrected chi connectivity index (χ0v) is 22.7. The van der Waals surface area contributed by atoms with E-state index in [2.05, 4.69) is 0 Å². The van der Waals surface area contributed by atoms with E-state index < -0.39 is 74.5 Å². The molecule has 0 aliphatic carbocycles. The van der Waals surface area contributed by atoms with Crippen molar-refractivity contribution >= 4 is 12.0 Å². The van der Waals surface area contributed by atoms with Gasteiger partial charge in [0.25, 0.3) is 0 Å². The highest BCUT2D eigenvalue weighted by Gasteiger charge is 2.53. The summed E-state index contributed by atoms with van der Waals surface area (Å²) in [5.41, 5.74) is -1.06. The summed E-state index contributed by atoms with van der Waals surface area (Å²) < 4.78 is 27.6. The zero-order valence-electron chi connectivity index (χ0n) is 22.7. The molecule has 0 saturated carbocycles. The van der Waals surface area contributed by atoms with Gasteiger partial charge in [-0.2, -0.15) is 0 Å². The van der Waals surface area contributed by atoms with Crippen LogP contribution in [0.25, 0.3) is 6.08 Å². The van der Waals surface area contributed by atoms with Crippen LogP contribution >= 0.6 is 0 Å². The molecule has 0 aromatic heterocycles. The Morgan fingerprint density at radius 1 is 0.953 bits per heavy atom. The van der Waals surface area contributed by atoms with Crippen LogP contribution in [0, 0.1) is 0 Å². The van der Waals surface area contributed by atoms with Crippen LogP contribution in [-0.2, 0) is 34.9 Å². The van der Waals surface area contributed by atoms with Gasteiger partial charge in [-0.15, -0.1) is 0 Å². The minimum atomic E-state index is -2.02. The fourth-order valence-corrected chi connectivity index (χ4v) is 4.42. The van der Waals surface area contributed by atoms with Crippen molar-refractivity contribution < 1.29 is 74.4 Å². The Labute approximate surface area is 245 Å². The lowest BCUT2D eigenvalue weighted by Crippen LogP contribution is -2.61. The van der Waals surface area contributed by atoms with Gasteiger partial charge in [0.15, 0.2) is 35.6 Å². The number of hydrogen-bond donors (Lipinski definition) is 9. The predicted octanol–water partition coefficient (Wildman–Crippen LogP) is -1.40. The van der Waals surface area contributed by atoms with Gasteiger partial charge in [-0.3, -0.25) is 0 Å². The van der Waals surface area contributed by atoms with Gasteiger partial charge in [-0.25, -0.2) is 4.79 Å². The average Bonchev–Trinajstić information content (AvgIpc) is 3.27. The molecule has 0 amide bonds. The summed E-state index contributed by atoms with van der Waals surface area (Å²) in [6, 6.07) is 8.05. The molecule has 8 atom stereocenters. The van der Waals surface area contributed by atoms with Crippen LogP contribution in [0.1, 0.15) is 11.1 Å². The minimum absolute atomic E-state index is 0.0824. The highest BCUT2D eigenvalue weighted by molar-refractivity contribution is 5.87. The van der Waals surface area contributed by atoms with Crippen molar-refractivity contribution in [1.29, 1.82) is 0 Å². The fraction of sp³-hybridized carbons (Fsp3) is 0.464. The molecule has 9 N–H and O–H groups in total. The highest BCUT2D eigenvalue weighted by Crippen LogP contribution is 2.32. The number of aliphatic hydroxyl groups excluding tert-OH is 4. The number of aromatic hydroxyl groups is 4. The Kier molecular flexibility index (Phi) is 10.4. The molecule has 43 heavy (non-hydrogen) atoms. The molecule has 2 aromatic rings. The summed E-state index contributed by atoms with van der Waals surface area (Å²) in [5, 5.41) is 89.9. The maximum Gasteiger partial charge on any atom is 0.330 e. The van der Waals surface area contributed by atoms with Crippen LogP contribution in [0.15, 0.2) is 42.5 Å². The molecule has 0 unspecified atom stereocenters. The molecule has 15 nitrogen and oxygen atoms in total. The maximum absolute atomic E-state index is 12.3. The van der Waals surface area contributed by atoms with E-state index in [-0.39, 0.29) is 36.0 Å². The molecule has 236 valence electrons. The fourth-order valence-electron chi connectivity index (χ4n) is 4.42. The van der Waals surface area contributed by atoms with Crippen LogP contribution in [0.3, 0.4) is 0 Å². The summed E-state index contributed by atoms with van der Waals surface area (Å²) in [7, 11) is 0. The number of carbonyl (C=O) groups excluding carboxylic acids is 1. The molecule has 2 aliphatic heterocycles. The molecule has 2 heterocycles. The van der Waals surface area contributed by atoms with E-state index in [1.165, 1.54) is 36.4 Å². The second-order valence-electron chi connectivity index (χ2n) is 10.2. The first-order chi connectivity index (χ1) is 20.4. The Hall–Kier alpha value is -3.51. The molecule has 0 spiro atoms. The van der Waals surface area contributed by atoms with E-state index in [0.717, 1.165) is 6.08 Å². The van der Waals surface area contributed by atoms with Gasteiger partial charge in [-0.05, 0) is 47.9 Å². The maximum atomic E-state index is 12.3. The molecule has 2 saturated heterocycles. The standard InChI is InChI=1S/C28H34O15/c29-12-28(38)13-41-27(25(28)37)43-24-23(36)22(35)20(11-40-21(34)6-3-14-1-4-16(30)18(32)9-14)42-26(24)39-8-7-15-2-5-17(31)19(33)10-15/h1-6,9-10,20,22-27,29-33,35-38H,7-8,11-13H2/b6-3+/t20-,22-,23+,24-,25-,26-,27-,28+/m0/s1. The van der Waals surface area contributed by atoms with Gasteiger partial charge in [0.1, 0.15) is 42.7 Å². The number of phenols is 4. The number of esters is 1. The second-order valence-corrected chi connectivity index (χ2v) is 10.2. The van der Waals surface area contributed by atoms with Crippen LogP contribution in [0.5, 0.6) is 23.0 Å². The van der Waals surface area contributed by atoms with Crippen molar-refractivity contribution in [2.75, 3.05) is 26.4 Å². The van der Waals surface area contributed by atoms with Gasteiger partial charge in [0.2, 0.25) is 0 Å². The molecule has 2 aliphatic rings. The third-order valence-corrected chi connectivity index (χ3v) is 7.03. The molecule has 0 radical (unpaired) electrons. The summed E-state index contributed by atoms with van der Waals surface area (Å²) in [6.45, 7) is -1.93. The summed E-state index contributed by atoms with van der Waals surface area (Å²) in [5.74, 6) is -2.22. The van der Waals surface area contributed by atoms with Crippen molar-refractivity contribution in [1.82, 2.24) is 0 Å². The Balaban J connectivity index is 1.42. The van der Waals surface area contributed by atoms with Crippen LogP contribution in [0.4, 0.5) is 0 Å². The minimum Gasteiger partial charge on any atom is -0.504 e. The van der Waals surface area contributed by atoms with Gasteiger partial charge < -0.3 is 69.6 Å². The van der Waals surface area contributed by atoms with Gasteiger partial charge in [-0.1, -0.05) is 12.1 Å². The first-order valence-corrected chi connectivity index (χ1v) is 13.2. The van der Waals surface area contributed by atoms with Crippen molar-refractivity contribution in [2.45, 2.75) is 55.1 Å². The topological polar surface area (TPSA) is 245 Å². The summed E-state index contributed by atoms with van der Waals surface area (Å²) in [6.07, 6.45) is -8.35. The molecule has 4 rings (SSSR count). The second kappa shape index (κ2) is 13.9. The monoisotopic (exact) mass is 610 g/mol. The highest BCUT2D eigenvalue weighted by atomic mass is 16.8. The number of rotatable bonds is 11. The SMILES string of the molecule is O=C(/C=C/c1ccc(O)c(O)c1)OC[C@@H]1O[C@H](OCCc2ccc(O)c(O)c2)[C@@H](O[C@@H]2OC[C@](O)(CO)[C@H]2O)[C@H](O)[C@H]1O. The number of carbonyl (C=O) groups is 1. The van der Waals surface area contributed by atoms with Gasteiger partial charge in [0, 0.05) is 6.08 Å². The van der Waals surface area contributed by atoms with E-state index >= 15 is 0 Å². The largest absolute Gasteiger partial charge is 0.504 e.